The van der Waals surface area contributed by atoms with Gasteiger partial charge in [-0.05, 0) is 25.2 Å². The molecule has 1 aliphatic carbocycles. The van der Waals surface area contributed by atoms with E-state index in [1.807, 2.05) is 0 Å². The smallest absolute Gasteiger partial charge is 0.0130 e. The third-order valence-electron chi connectivity index (χ3n) is 2.61. The lowest BCUT2D eigenvalue weighted by molar-refractivity contribution is 0.514. The molecule has 1 saturated carbocycles. The Labute approximate surface area is 50.5 Å². The summed E-state index contributed by atoms with van der Waals surface area (Å²) in [5.41, 5.74) is 0.722. The molecule has 1 heterocycles. The van der Waals surface area contributed by atoms with Gasteiger partial charge >= 0.3 is 0 Å². The van der Waals surface area contributed by atoms with E-state index >= 15 is 0 Å². The Hall–Kier alpha value is -0.0400. The first-order valence-corrected chi connectivity index (χ1v) is 3.47. The van der Waals surface area contributed by atoms with E-state index in [1.165, 1.54) is 12.8 Å². The predicted octanol–water partition coefficient (Wildman–Crippen LogP) is 1.15. The second-order valence-electron chi connectivity index (χ2n) is 3.68. The minimum absolute atomic E-state index is 0.722. The van der Waals surface area contributed by atoms with Crippen molar-refractivity contribution in [3.8, 4) is 0 Å². The zero-order chi connectivity index (χ0) is 5.78. The van der Waals surface area contributed by atoms with Crippen molar-refractivity contribution in [2.75, 3.05) is 0 Å². The molecule has 0 aromatic rings. The number of nitrogens with one attached hydrogen (secondary N) is 1. The number of hydrogen-bond acceptors (Lipinski definition) is 1. The fraction of sp³-hybridized carbons (Fsp3) is 1.00. The molecule has 0 aromatic carbocycles. The van der Waals surface area contributed by atoms with E-state index < -0.39 is 0 Å². The molecule has 2 rings (SSSR count). The fourth-order valence-corrected chi connectivity index (χ4v) is 1.99. The van der Waals surface area contributed by atoms with Crippen LogP contribution in [0.5, 0.6) is 0 Å². The summed E-state index contributed by atoms with van der Waals surface area (Å²) in [6, 6.07) is 1.68. The first-order chi connectivity index (χ1) is 3.71. The lowest BCUT2D eigenvalue weighted by Gasteiger charge is -2.05. The Balaban J connectivity index is 2.10. The molecule has 1 nitrogen and oxygen atoms in total. The Kier molecular flexibility index (Phi) is 0.663. The molecule has 0 bridgehead atoms. The van der Waals surface area contributed by atoms with Gasteiger partial charge in [0.25, 0.3) is 0 Å². The Morgan fingerprint density at radius 1 is 1.50 bits per heavy atom. The Morgan fingerprint density at radius 3 is 2.50 bits per heavy atom. The normalized spacial score (nSPS) is 60.8. The molecule has 1 aliphatic heterocycles. The van der Waals surface area contributed by atoms with E-state index in [4.69, 9.17) is 0 Å². The van der Waals surface area contributed by atoms with E-state index in [-0.39, 0.29) is 0 Å². The van der Waals surface area contributed by atoms with Crippen LogP contribution in [0.25, 0.3) is 0 Å². The van der Waals surface area contributed by atoms with Gasteiger partial charge in [-0.25, -0.2) is 0 Å². The van der Waals surface area contributed by atoms with Gasteiger partial charge in [0.1, 0.15) is 0 Å². The zero-order valence-electron chi connectivity index (χ0n) is 5.57. The summed E-state index contributed by atoms with van der Waals surface area (Å²) in [6.07, 6.45) is 2.83. The van der Waals surface area contributed by atoms with Gasteiger partial charge in [-0.3, -0.25) is 0 Å². The van der Waals surface area contributed by atoms with Crippen molar-refractivity contribution in [2.24, 2.45) is 5.41 Å². The highest BCUT2D eigenvalue weighted by molar-refractivity contribution is 5.11. The van der Waals surface area contributed by atoms with Crippen LogP contribution in [0.3, 0.4) is 0 Å². The highest BCUT2D eigenvalue weighted by Gasteiger charge is 2.55. The van der Waals surface area contributed by atoms with Crippen LogP contribution >= 0.6 is 0 Å². The summed E-state index contributed by atoms with van der Waals surface area (Å²) in [7, 11) is 0. The van der Waals surface area contributed by atoms with Crippen molar-refractivity contribution in [1.29, 1.82) is 0 Å². The lowest BCUT2D eigenvalue weighted by Crippen LogP contribution is -2.21. The number of rotatable bonds is 0. The molecule has 1 N–H and O–H groups in total. The zero-order valence-corrected chi connectivity index (χ0v) is 5.57. The largest absolute Gasteiger partial charge is 0.311 e. The minimum atomic E-state index is 0.722. The molecule has 3 atom stereocenters. The van der Waals surface area contributed by atoms with Crippen molar-refractivity contribution in [2.45, 2.75) is 38.8 Å². The molecule has 8 heavy (non-hydrogen) atoms. The first-order valence-electron chi connectivity index (χ1n) is 3.47. The predicted molar refractivity (Wildman–Crippen MR) is 33.7 cm³/mol. The number of hydrogen-bond donors (Lipinski definition) is 1. The summed E-state index contributed by atoms with van der Waals surface area (Å²) in [5, 5.41) is 3.53. The number of piperidine rings is 1. The van der Waals surface area contributed by atoms with Crippen LogP contribution in [0, 0.1) is 5.41 Å². The molecule has 0 amide bonds. The summed E-state index contributed by atoms with van der Waals surface area (Å²) < 4.78 is 0. The van der Waals surface area contributed by atoms with Gasteiger partial charge in [-0.15, -0.1) is 0 Å². The van der Waals surface area contributed by atoms with E-state index in [0.29, 0.717) is 0 Å². The third kappa shape index (κ3) is 0.455. The van der Waals surface area contributed by atoms with Gasteiger partial charge in [-0.1, -0.05) is 6.92 Å². The van der Waals surface area contributed by atoms with Gasteiger partial charge in [0.05, 0.1) is 0 Å². The van der Waals surface area contributed by atoms with Crippen LogP contribution in [-0.4, -0.2) is 12.1 Å². The fourth-order valence-electron chi connectivity index (χ4n) is 1.99. The second-order valence-corrected chi connectivity index (χ2v) is 3.68. The van der Waals surface area contributed by atoms with E-state index in [0.717, 1.165) is 17.5 Å². The molecule has 46 valence electrons. The topological polar surface area (TPSA) is 12.0 Å². The van der Waals surface area contributed by atoms with Crippen LogP contribution in [0.15, 0.2) is 0 Å². The lowest BCUT2D eigenvalue weighted by atomic mass is 10.0. The summed E-state index contributed by atoms with van der Waals surface area (Å²) in [6.45, 7) is 4.66. The van der Waals surface area contributed by atoms with E-state index in [9.17, 15) is 0 Å². The molecule has 0 radical (unpaired) electrons. The molecule has 0 aromatic heterocycles. The summed E-state index contributed by atoms with van der Waals surface area (Å²) in [5.74, 6) is 0. The van der Waals surface area contributed by atoms with Gasteiger partial charge in [0.2, 0.25) is 0 Å². The van der Waals surface area contributed by atoms with E-state index in [1.54, 1.807) is 0 Å². The Morgan fingerprint density at radius 2 is 2.25 bits per heavy atom. The molecular formula is C7H13N. The second kappa shape index (κ2) is 1.10. The van der Waals surface area contributed by atoms with E-state index in [2.05, 4.69) is 19.2 Å². The van der Waals surface area contributed by atoms with Crippen molar-refractivity contribution in [1.82, 2.24) is 5.32 Å². The first kappa shape index (κ1) is 4.80. The summed E-state index contributed by atoms with van der Waals surface area (Å²) >= 11 is 0. The highest BCUT2D eigenvalue weighted by Crippen LogP contribution is 2.53. The highest BCUT2D eigenvalue weighted by atomic mass is 15.1. The van der Waals surface area contributed by atoms with Crippen LogP contribution < -0.4 is 5.32 Å². The maximum atomic E-state index is 3.53. The van der Waals surface area contributed by atoms with Crippen LogP contribution in [0.2, 0.25) is 0 Å². The van der Waals surface area contributed by atoms with Gasteiger partial charge in [0.15, 0.2) is 0 Å². The van der Waals surface area contributed by atoms with Gasteiger partial charge < -0.3 is 5.32 Å². The van der Waals surface area contributed by atoms with Crippen molar-refractivity contribution in [3.63, 3.8) is 0 Å². The average molecular weight is 111 g/mol. The average Bonchev–Trinajstić information content (AvgIpc) is 2.07. The van der Waals surface area contributed by atoms with Crippen LogP contribution in [-0.2, 0) is 0 Å². The monoisotopic (exact) mass is 111 g/mol. The molecule has 1 saturated heterocycles. The van der Waals surface area contributed by atoms with Crippen molar-refractivity contribution >= 4 is 0 Å². The molecule has 0 spiro atoms. The third-order valence-corrected chi connectivity index (χ3v) is 2.61. The minimum Gasteiger partial charge on any atom is -0.311 e. The van der Waals surface area contributed by atoms with Crippen LogP contribution in [0.1, 0.15) is 26.7 Å². The molecule has 2 fully saturated rings. The molecule has 0 unspecified atom stereocenters. The number of fused-ring (bicyclic) bond motifs is 1. The van der Waals surface area contributed by atoms with Crippen molar-refractivity contribution in [3.05, 3.63) is 0 Å². The molecular weight excluding hydrogens is 98.1 g/mol. The maximum absolute atomic E-state index is 3.53. The summed E-state index contributed by atoms with van der Waals surface area (Å²) in [4.78, 5) is 0. The van der Waals surface area contributed by atoms with Crippen molar-refractivity contribution < 1.29 is 0 Å². The SMILES string of the molecule is C[C@H]1C[C@@]2(C)C[C@H]2N1. The van der Waals surface area contributed by atoms with Crippen LogP contribution in [0.4, 0.5) is 0 Å². The quantitative estimate of drug-likeness (QED) is 0.494. The molecule has 1 heteroatoms. The van der Waals surface area contributed by atoms with Gasteiger partial charge in [-0.2, -0.15) is 0 Å². The molecule has 2 aliphatic rings. The maximum Gasteiger partial charge on any atom is 0.0130 e. The standard InChI is InChI=1S/C7H13N/c1-5-3-7(2)4-6(7)8-5/h5-6,8H,3-4H2,1-2H3/t5-,6+,7-/m0/s1. The van der Waals surface area contributed by atoms with Gasteiger partial charge in [0, 0.05) is 12.1 Å². The Bertz CT molecular complexity index is 122.